The first-order chi connectivity index (χ1) is 19.2. The van der Waals surface area contributed by atoms with E-state index in [9.17, 15) is 4.79 Å². The number of aromatic amines is 2. The van der Waals surface area contributed by atoms with Crippen LogP contribution in [0.3, 0.4) is 0 Å². The van der Waals surface area contributed by atoms with Crippen LogP contribution in [0.25, 0.3) is 56.0 Å². The van der Waals surface area contributed by atoms with Gasteiger partial charge in [0.1, 0.15) is 11.0 Å². The second-order valence-electron chi connectivity index (χ2n) is 9.86. The zero-order valence-corrected chi connectivity index (χ0v) is 21.1. The average Bonchev–Trinajstić information content (AvgIpc) is 3.62. The Morgan fingerprint density at radius 2 is 1.72 bits per heavy atom. The third-order valence-corrected chi connectivity index (χ3v) is 7.28. The van der Waals surface area contributed by atoms with E-state index in [0.29, 0.717) is 22.7 Å². The number of aromatic nitrogens is 8. The molecule has 0 saturated heterocycles. The number of amides is 1. The fourth-order valence-corrected chi connectivity index (χ4v) is 5.26. The topological polar surface area (TPSA) is 138 Å². The van der Waals surface area contributed by atoms with E-state index in [1.54, 1.807) is 37.2 Å². The number of rotatable bonds is 5. The van der Waals surface area contributed by atoms with Crippen molar-refractivity contribution in [3.05, 3.63) is 67.5 Å². The summed E-state index contributed by atoms with van der Waals surface area (Å²) in [5.74, 6) is 0.730. The Hall–Kier alpha value is -4.99. The van der Waals surface area contributed by atoms with E-state index in [-0.39, 0.29) is 11.8 Å². The maximum Gasteiger partial charge on any atom is 0.227 e. The SMILES string of the molecule is O=C(Nc1cncc(-c2ccc3[nH]nc(-c4nc5c(-c6cccnc6)cncc5[nH]4)c3n2)c1)C1CCCCC1. The van der Waals surface area contributed by atoms with Crippen molar-refractivity contribution in [2.75, 3.05) is 5.32 Å². The molecule has 3 N–H and O–H groups in total. The average molecular weight is 516 g/mol. The molecule has 6 aromatic heterocycles. The molecule has 1 saturated carbocycles. The molecule has 192 valence electrons. The predicted octanol–water partition coefficient (Wildman–Crippen LogP) is 5.54. The lowest BCUT2D eigenvalue weighted by Gasteiger charge is -2.20. The van der Waals surface area contributed by atoms with Gasteiger partial charge in [0.25, 0.3) is 0 Å². The Labute approximate surface area is 223 Å². The summed E-state index contributed by atoms with van der Waals surface area (Å²) in [6.45, 7) is 0. The van der Waals surface area contributed by atoms with Crippen molar-refractivity contribution in [1.82, 2.24) is 40.1 Å². The van der Waals surface area contributed by atoms with Crippen molar-refractivity contribution in [2.45, 2.75) is 32.1 Å². The molecule has 1 aliphatic carbocycles. The number of imidazole rings is 1. The highest BCUT2D eigenvalue weighted by molar-refractivity contribution is 5.96. The smallest absolute Gasteiger partial charge is 0.227 e. The van der Waals surface area contributed by atoms with Crippen LogP contribution in [0.5, 0.6) is 0 Å². The van der Waals surface area contributed by atoms with Gasteiger partial charge in [-0.25, -0.2) is 9.97 Å². The Kier molecular flexibility index (Phi) is 5.77. The number of anilines is 1. The van der Waals surface area contributed by atoms with Crippen molar-refractivity contribution in [3.63, 3.8) is 0 Å². The molecule has 39 heavy (non-hydrogen) atoms. The number of fused-ring (bicyclic) bond motifs is 2. The van der Waals surface area contributed by atoms with Gasteiger partial charge in [0.05, 0.1) is 34.8 Å². The normalized spacial score (nSPS) is 14.2. The van der Waals surface area contributed by atoms with Crippen LogP contribution in [0.15, 0.2) is 67.5 Å². The number of carbonyl (C=O) groups excluding carboxylic acids is 1. The van der Waals surface area contributed by atoms with E-state index in [2.05, 4.69) is 35.5 Å². The van der Waals surface area contributed by atoms with Crippen LogP contribution in [0.4, 0.5) is 5.69 Å². The lowest BCUT2D eigenvalue weighted by atomic mass is 9.88. The number of pyridine rings is 4. The molecule has 0 bridgehead atoms. The van der Waals surface area contributed by atoms with E-state index < -0.39 is 0 Å². The highest BCUT2D eigenvalue weighted by atomic mass is 16.1. The Bertz CT molecular complexity index is 1800. The number of nitrogens with one attached hydrogen (secondary N) is 3. The minimum atomic E-state index is 0.0687. The molecule has 0 unspecified atom stereocenters. The quantitative estimate of drug-likeness (QED) is 0.274. The van der Waals surface area contributed by atoms with Crippen LogP contribution in [-0.2, 0) is 4.79 Å². The molecule has 0 aromatic carbocycles. The van der Waals surface area contributed by atoms with Crippen LogP contribution < -0.4 is 5.32 Å². The Morgan fingerprint density at radius 1 is 0.846 bits per heavy atom. The van der Waals surface area contributed by atoms with Gasteiger partial charge in [0, 0.05) is 47.4 Å². The summed E-state index contributed by atoms with van der Waals surface area (Å²) in [7, 11) is 0. The third-order valence-electron chi connectivity index (χ3n) is 7.28. The van der Waals surface area contributed by atoms with Gasteiger partial charge in [0.15, 0.2) is 11.5 Å². The van der Waals surface area contributed by atoms with Crippen molar-refractivity contribution in [2.24, 2.45) is 5.92 Å². The fourth-order valence-electron chi connectivity index (χ4n) is 5.26. The summed E-state index contributed by atoms with van der Waals surface area (Å²) in [6, 6.07) is 9.63. The van der Waals surface area contributed by atoms with Gasteiger partial charge in [-0.15, -0.1) is 0 Å². The second-order valence-corrected chi connectivity index (χ2v) is 9.86. The number of hydrogen-bond acceptors (Lipinski definition) is 7. The molecule has 10 heteroatoms. The summed E-state index contributed by atoms with van der Waals surface area (Å²) in [5, 5.41) is 10.6. The first-order valence-electron chi connectivity index (χ1n) is 13.1. The highest BCUT2D eigenvalue weighted by Crippen LogP contribution is 2.31. The molecule has 1 amide bonds. The third kappa shape index (κ3) is 4.39. The van der Waals surface area contributed by atoms with Gasteiger partial charge in [-0.1, -0.05) is 25.3 Å². The number of carbonyl (C=O) groups is 1. The molecule has 1 aliphatic rings. The van der Waals surface area contributed by atoms with E-state index in [4.69, 9.17) is 9.97 Å². The minimum absolute atomic E-state index is 0.0687. The summed E-state index contributed by atoms with van der Waals surface area (Å²) < 4.78 is 0. The van der Waals surface area contributed by atoms with Gasteiger partial charge >= 0.3 is 0 Å². The van der Waals surface area contributed by atoms with Crippen molar-refractivity contribution >= 4 is 33.7 Å². The molecule has 0 atom stereocenters. The minimum Gasteiger partial charge on any atom is -0.335 e. The molecule has 6 heterocycles. The zero-order chi connectivity index (χ0) is 26.2. The van der Waals surface area contributed by atoms with Crippen molar-refractivity contribution in [3.8, 4) is 33.9 Å². The lowest BCUT2D eigenvalue weighted by molar-refractivity contribution is -0.120. The van der Waals surface area contributed by atoms with Crippen LogP contribution in [0.2, 0.25) is 0 Å². The summed E-state index contributed by atoms with van der Waals surface area (Å²) in [4.78, 5) is 38.9. The summed E-state index contributed by atoms with van der Waals surface area (Å²) >= 11 is 0. The molecule has 0 aliphatic heterocycles. The molecule has 0 radical (unpaired) electrons. The predicted molar refractivity (Wildman–Crippen MR) is 148 cm³/mol. The van der Waals surface area contributed by atoms with E-state index in [1.807, 2.05) is 30.3 Å². The summed E-state index contributed by atoms with van der Waals surface area (Å²) in [6.07, 6.45) is 15.8. The van der Waals surface area contributed by atoms with Crippen LogP contribution >= 0.6 is 0 Å². The van der Waals surface area contributed by atoms with Crippen molar-refractivity contribution in [1.29, 1.82) is 0 Å². The van der Waals surface area contributed by atoms with Crippen LogP contribution in [0, 0.1) is 5.92 Å². The number of nitrogens with zero attached hydrogens (tertiary/aromatic N) is 6. The van der Waals surface area contributed by atoms with E-state index >= 15 is 0 Å². The standard InChI is InChI=1S/C29H25N9O/c39-29(17-5-2-1-3-6-17)33-20-11-19(13-31-14-20)22-8-9-23-26(34-22)27(38-37-23)28-35-24-16-32-15-21(25(24)36-28)18-7-4-10-30-12-18/h4,7-17H,1-3,5-6H2,(H,33,39)(H,35,36)(H,37,38). The summed E-state index contributed by atoms with van der Waals surface area (Å²) in [5.41, 5.74) is 7.67. The van der Waals surface area contributed by atoms with Crippen LogP contribution in [-0.4, -0.2) is 46.0 Å². The molecule has 0 spiro atoms. The monoisotopic (exact) mass is 515 g/mol. The maximum absolute atomic E-state index is 12.8. The van der Waals surface area contributed by atoms with Gasteiger partial charge < -0.3 is 10.3 Å². The molecular weight excluding hydrogens is 490 g/mol. The molecule has 1 fully saturated rings. The van der Waals surface area contributed by atoms with Gasteiger partial charge in [0.2, 0.25) is 5.91 Å². The van der Waals surface area contributed by atoms with E-state index in [1.165, 1.54) is 6.42 Å². The Morgan fingerprint density at radius 3 is 2.59 bits per heavy atom. The highest BCUT2D eigenvalue weighted by Gasteiger charge is 2.21. The maximum atomic E-state index is 12.8. The van der Waals surface area contributed by atoms with Crippen molar-refractivity contribution < 1.29 is 4.79 Å². The van der Waals surface area contributed by atoms with E-state index in [0.717, 1.165) is 64.6 Å². The molecular formula is C29H25N9O. The molecule has 7 rings (SSSR count). The van der Waals surface area contributed by atoms with Gasteiger partial charge in [-0.2, -0.15) is 5.10 Å². The lowest BCUT2D eigenvalue weighted by Crippen LogP contribution is -2.24. The van der Waals surface area contributed by atoms with Gasteiger partial charge in [-0.3, -0.25) is 24.8 Å². The zero-order valence-electron chi connectivity index (χ0n) is 21.1. The fraction of sp³-hybridized carbons (Fsp3) is 0.207. The largest absolute Gasteiger partial charge is 0.335 e. The Balaban J connectivity index is 1.23. The van der Waals surface area contributed by atoms with Crippen LogP contribution in [0.1, 0.15) is 32.1 Å². The first-order valence-corrected chi connectivity index (χ1v) is 13.1. The van der Waals surface area contributed by atoms with Gasteiger partial charge in [-0.05, 0) is 37.1 Å². The molecule has 10 nitrogen and oxygen atoms in total. The first kappa shape index (κ1) is 23.2. The molecule has 6 aromatic rings. The number of hydrogen-bond donors (Lipinski definition) is 3. The number of H-pyrrole nitrogens is 2. The second kappa shape index (κ2) is 9.71.